The summed E-state index contributed by atoms with van der Waals surface area (Å²) < 4.78 is 2.85. The summed E-state index contributed by atoms with van der Waals surface area (Å²) >= 11 is 2.96. The minimum atomic E-state index is 0.0322. The number of fused-ring (bicyclic) bond motifs is 1. The minimum Gasteiger partial charge on any atom is -0.510 e. The molecule has 23 heavy (non-hydrogen) atoms. The van der Waals surface area contributed by atoms with Crippen LogP contribution in [0, 0.1) is 18.3 Å². The van der Waals surface area contributed by atoms with Gasteiger partial charge in [0.15, 0.2) is 10.2 Å². The second kappa shape index (κ2) is 7.15. The number of allylic oxidation sites excluding steroid dienone is 1. The van der Waals surface area contributed by atoms with E-state index in [1.165, 1.54) is 23.1 Å². The zero-order valence-corrected chi connectivity index (χ0v) is 14.5. The van der Waals surface area contributed by atoms with Gasteiger partial charge in [0.05, 0.1) is 5.75 Å². The molecular weight excluding hydrogens is 330 g/mol. The van der Waals surface area contributed by atoms with E-state index >= 15 is 0 Å². The predicted octanol–water partition coefficient (Wildman–Crippen LogP) is 3.35. The number of nitrogens with zero attached hydrogens (tertiary/aromatic N) is 5. The van der Waals surface area contributed by atoms with Gasteiger partial charge in [0, 0.05) is 24.0 Å². The molecule has 120 valence electrons. The topological polar surface area (TPSA) is 87.6 Å². The molecule has 1 aliphatic heterocycles. The molecule has 0 aromatic carbocycles. The van der Waals surface area contributed by atoms with Gasteiger partial charge in [-0.25, -0.2) is 4.98 Å². The Morgan fingerprint density at radius 1 is 1.43 bits per heavy atom. The van der Waals surface area contributed by atoms with Crippen molar-refractivity contribution in [3.63, 3.8) is 0 Å². The van der Waals surface area contributed by atoms with Gasteiger partial charge in [0.25, 0.3) is 0 Å². The maximum Gasteiger partial charge on any atom is 0.178 e. The molecule has 3 rings (SSSR count). The molecule has 2 aromatic rings. The number of aliphatic hydroxyl groups is 1. The molecule has 0 spiro atoms. The van der Waals surface area contributed by atoms with Crippen molar-refractivity contribution in [2.24, 2.45) is 0 Å². The van der Waals surface area contributed by atoms with Crippen LogP contribution in [0.5, 0.6) is 0 Å². The molecule has 0 radical (unpaired) electrons. The van der Waals surface area contributed by atoms with E-state index in [4.69, 9.17) is 0 Å². The van der Waals surface area contributed by atoms with Crippen LogP contribution >= 0.6 is 23.1 Å². The summed E-state index contributed by atoms with van der Waals surface area (Å²) in [5.41, 5.74) is 1.18. The Kier molecular flexibility index (Phi) is 4.98. The first-order valence-electron chi connectivity index (χ1n) is 7.48. The van der Waals surface area contributed by atoms with Crippen molar-refractivity contribution in [2.75, 3.05) is 5.75 Å². The monoisotopic (exact) mass is 347 g/mol. The molecule has 0 amide bonds. The Bertz CT molecular complexity index is 771. The van der Waals surface area contributed by atoms with E-state index in [0.29, 0.717) is 11.6 Å². The van der Waals surface area contributed by atoms with Crippen LogP contribution in [0.2, 0.25) is 0 Å². The van der Waals surface area contributed by atoms with Gasteiger partial charge in [0.1, 0.15) is 23.2 Å². The summed E-state index contributed by atoms with van der Waals surface area (Å²) in [6.07, 6.45) is 4.17. The van der Waals surface area contributed by atoms with E-state index in [9.17, 15) is 10.4 Å². The Balaban J connectivity index is 1.83. The van der Waals surface area contributed by atoms with E-state index in [2.05, 4.69) is 21.3 Å². The van der Waals surface area contributed by atoms with Gasteiger partial charge in [-0.2, -0.15) is 5.26 Å². The Morgan fingerprint density at radius 2 is 2.30 bits per heavy atom. The first-order chi connectivity index (χ1) is 11.2. The number of rotatable bonds is 4. The predicted molar refractivity (Wildman–Crippen MR) is 90.3 cm³/mol. The summed E-state index contributed by atoms with van der Waals surface area (Å²) in [6.45, 7) is 2.73. The average Bonchev–Trinajstić information content (AvgIpc) is 3.06. The summed E-state index contributed by atoms with van der Waals surface area (Å²) in [5.74, 6) is 1.72. The lowest BCUT2D eigenvalue weighted by molar-refractivity contribution is 0.420. The first kappa shape index (κ1) is 16.0. The molecule has 0 saturated heterocycles. The second-order valence-corrected chi connectivity index (χ2v) is 7.46. The fraction of sp³-hybridized carbons (Fsp3) is 0.467. The van der Waals surface area contributed by atoms with Gasteiger partial charge in [-0.15, -0.1) is 21.5 Å². The molecule has 1 aliphatic rings. The highest BCUT2D eigenvalue weighted by Crippen LogP contribution is 2.27. The standard InChI is InChI=1S/C15H17N5OS2/c1-10-8-22-15(17-10)23-9-12(21)11(7-16)14-19-18-13-5-3-2-4-6-20(13)14/h8,21H,2-6,9H2,1H3/b12-11-. The molecule has 3 heterocycles. The third-order valence-corrected chi connectivity index (χ3v) is 5.81. The Labute approximate surface area is 142 Å². The minimum absolute atomic E-state index is 0.0322. The fourth-order valence-electron chi connectivity index (χ4n) is 2.51. The molecule has 0 atom stereocenters. The van der Waals surface area contributed by atoms with Crippen LogP contribution in [0.4, 0.5) is 0 Å². The van der Waals surface area contributed by atoms with Crippen LogP contribution in [0.3, 0.4) is 0 Å². The molecule has 0 fully saturated rings. The largest absolute Gasteiger partial charge is 0.510 e. The van der Waals surface area contributed by atoms with Crippen LogP contribution in [0.25, 0.3) is 5.57 Å². The van der Waals surface area contributed by atoms with Gasteiger partial charge >= 0.3 is 0 Å². The highest BCUT2D eigenvalue weighted by atomic mass is 32.2. The van der Waals surface area contributed by atoms with Crippen LogP contribution in [0.1, 0.15) is 36.6 Å². The summed E-state index contributed by atoms with van der Waals surface area (Å²) in [5, 5.41) is 30.1. The van der Waals surface area contributed by atoms with Gasteiger partial charge in [-0.3, -0.25) is 0 Å². The fourth-order valence-corrected chi connectivity index (χ4v) is 4.24. The van der Waals surface area contributed by atoms with Gasteiger partial charge < -0.3 is 9.67 Å². The Hall–Kier alpha value is -1.85. The van der Waals surface area contributed by atoms with E-state index in [-0.39, 0.29) is 11.3 Å². The van der Waals surface area contributed by atoms with Crippen LogP contribution in [-0.2, 0) is 13.0 Å². The lowest BCUT2D eigenvalue weighted by Crippen LogP contribution is -2.07. The van der Waals surface area contributed by atoms with Crippen LogP contribution in [0.15, 0.2) is 15.5 Å². The summed E-state index contributed by atoms with van der Waals surface area (Å²) in [7, 11) is 0. The molecule has 0 bridgehead atoms. The molecule has 0 saturated carbocycles. The lowest BCUT2D eigenvalue weighted by atomic mass is 10.2. The Morgan fingerprint density at radius 3 is 3.04 bits per heavy atom. The van der Waals surface area contributed by atoms with E-state index < -0.39 is 0 Å². The van der Waals surface area contributed by atoms with E-state index in [0.717, 1.165) is 48.1 Å². The van der Waals surface area contributed by atoms with Crippen LogP contribution < -0.4 is 0 Å². The molecule has 1 N–H and O–H groups in total. The number of hydrogen-bond donors (Lipinski definition) is 1. The molecule has 0 unspecified atom stereocenters. The van der Waals surface area contributed by atoms with Crippen molar-refractivity contribution in [1.82, 2.24) is 19.7 Å². The van der Waals surface area contributed by atoms with Crippen molar-refractivity contribution < 1.29 is 5.11 Å². The van der Waals surface area contributed by atoms with Crippen molar-refractivity contribution in [2.45, 2.75) is 43.5 Å². The highest BCUT2D eigenvalue weighted by Gasteiger charge is 2.20. The number of aryl methyl sites for hydroxylation is 2. The molecular formula is C15H17N5OS2. The van der Waals surface area contributed by atoms with Crippen LogP contribution in [-0.4, -0.2) is 30.6 Å². The number of thioether (sulfide) groups is 1. The van der Waals surface area contributed by atoms with E-state index in [1.54, 1.807) is 0 Å². The van der Waals surface area contributed by atoms with Crippen molar-refractivity contribution in [3.05, 3.63) is 28.5 Å². The second-order valence-electron chi connectivity index (χ2n) is 5.38. The smallest absolute Gasteiger partial charge is 0.178 e. The number of aromatic nitrogens is 4. The number of nitriles is 1. The number of aliphatic hydroxyl groups excluding tert-OH is 1. The zero-order valence-electron chi connectivity index (χ0n) is 12.8. The maximum atomic E-state index is 10.4. The van der Waals surface area contributed by atoms with Crippen molar-refractivity contribution in [1.29, 1.82) is 5.26 Å². The molecule has 6 nitrogen and oxygen atoms in total. The van der Waals surface area contributed by atoms with Gasteiger partial charge in [-0.1, -0.05) is 18.2 Å². The first-order valence-corrected chi connectivity index (χ1v) is 9.35. The maximum absolute atomic E-state index is 10.4. The molecule has 8 heteroatoms. The quantitative estimate of drug-likeness (QED) is 0.518. The summed E-state index contributed by atoms with van der Waals surface area (Å²) in [4.78, 5) is 4.34. The number of hydrogen-bond acceptors (Lipinski definition) is 7. The lowest BCUT2D eigenvalue weighted by Gasteiger charge is -2.07. The number of thiazole rings is 1. The normalized spacial score (nSPS) is 15.5. The summed E-state index contributed by atoms with van der Waals surface area (Å²) in [6, 6.07) is 2.09. The third-order valence-electron chi connectivity index (χ3n) is 3.66. The molecule has 2 aromatic heterocycles. The SMILES string of the molecule is Cc1csc(SC/C(O)=C(\C#N)c2nnc3n2CCCCC3)n1. The molecule has 0 aliphatic carbocycles. The van der Waals surface area contributed by atoms with Gasteiger partial charge in [-0.05, 0) is 19.8 Å². The van der Waals surface area contributed by atoms with Gasteiger partial charge in [0.2, 0.25) is 0 Å². The zero-order chi connectivity index (χ0) is 16.2. The average molecular weight is 347 g/mol. The van der Waals surface area contributed by atoms with E-state index in [1.807, 2.05) is 16.9 Å². The highest BCUT2D eigenvalue weighted by molar-refractivity contribution is 8.01. The van der Waals surface area contributed by atoms with Crippen molar-refractivity contribution in [3.8, 4) is 6.07 Å². The van der Waals surface area contributed by atoms with Crippen molar-refractivity contribution >= 4 is 28.7 Å². The third kappa shape index (κ3) is 3.57.